The first-order valence-electron chi connectivity index (χ1n) is 6.25. The van der Waals surface area contributed by atoms with Crippen molar-refractivity contribution in [2.45, 2.75) is 31.8 Å². The Labute approximate surface area is 118 Å². The van der Waals surface area contributed by atoms with Gasteiger partial charge >= 0.3 is 0 Å². The number of rotatable bonds is 5. The second-order valence-corrected chi connectivity index (χ2v) is 4.99. The minimum Gasteiger partial charge on any atom is -0.497 e. The minimum absolute atomic E-state index is 0.393. The van der Waals surface area contributed by atoms with Gasteiger partial charge in [0, 0.05) is 0 Å². The quantitative estimate of drug-likeness (QED) is 0.611. The second kappa shape index (κ2) is 5.64. The zero-order chi connectivity index (χ0) is 14.8. The summed E-state index contributed by atoms with van der Waals surface area (Å²) in [7, 11) is 1.60. The number of ether oxygens (including phenoxy) is 4. The summed E-state index contributed by atoms with van der Waals surface area (Å²) in [5.41, 5.74) is -0.671. The molecule has 2 atom stereocenters. The Bertz CT molecular complexity index is 491. The van der Waals surface area contributed by atoms with Gasteiger partial charge < -0.3 is 18.9 Å². The molecule has 2 rings (SSSR count). The lowest BCUT2D eigenvalue weighted by atomic mass is 10.0. The van der Waals surface area contributed by atoms with Gasteiger partial charge in [-0.1, -0.05) is 6.58 Å². The number of hydrogen-bond donors (Lipinski definition) is 0. The van der Waals surface area contributed by atoms with E-state index in [-0.39, 0.29) is 0 Å². The van der Waals surface area contributed by atoms with Crippen LogP contribution in [0.3, 0.4) is 0 Å². The van der Waals surface area contributed by atoms with Crippen LogP contribution in [0.25, 0.3) is 0 Å². The summed E-state index contributed by atoms with van der Waals surface area (Å²) in [6.07, 6.45) is -0.784. The molecule has 1 aliphatic rings. The van der Waals surface area contributed by atoms with Crippen molar-refractivity contribution >= 4 is 6.29 Å². The van der Waals surface area contributed by atoms with Crippen molar-refractivity contribution in [1.29, 1.82) is 0 Å². The molecule has 0 saturated carbocycles. The number of carbonyl (C=O) groups excluding carboxylic acids is 1. The molecule has 1 aromatic rings. The molecule has 0 N–H and O–H groups in total. The molecule has 0 amide bonds. The van der Waals surface area contributed by atoms with Gasteiger partial charge in [0.05, 0.1) is 12.7 Å². The predicted octanol–water partition coefficient (Wildman–Crippen LogP) is 2.31. The van der Waals surface area contributed by atoms with Crippen LogP contribution in [0.1, 0.15) is 13.8 Å². The predicted molar refractivity (Wildman–Crippen MR) is 72.7 cm³/mol. The normalized spacial score (nSPS) is 24.1. The van der Waals surface area contributed by atoms with Gasteiger partial charge in [0.2, 0.25) is 6.29 Å². The zero-order valence-electron chi connectivity index (χ0n) is 11.8. The Morgan fingerprint density at radius 3 is 2.40 bits per heavy atom. The maximum absolute atomic E-state index is 10.8. The van der Waals surface area contributed by atoms with Crippen LogP contribution in [0, 0.1) is 0 Å². The average molecular weight is 278 g/mol. The van der Waals surface area contributed by atoms with Crippen molar-refractivity contribution in [3.8, 4) is 11.5 Å². The van der Waals surface area contributed by atoms with Crippen LogP contribution < -0.4 is 9.47 Å². The molecule has 1 aliphatic heterocycles. The van der Waals surface area contributed by atoms with E-state index in [2.05, 4.69) is 6.58 Å². The summed E-state index contributed by atoms with van der Waals surface area (Å²) in [5, 5.41) is 0. The molecule has 2 unspecified atom stereocenters. The summed E-state index contributed by atoms with van der Waals surface area (Å²) < 4.78 is 21.6. The van der Waals surface area contributed by atoms with Crippen LogP contribution in [0.2, 0.25) is 0 Å². The lowest BCUT2D eigenvalue weighted by Gasteiger charge is -2.24. The topological polar surface area (TPSA) is 54.0 Å². The number of benzene rings is 1. The van der Waals surface area contributed by atoms with Crippen molar-refractivity contribution in [2.24, 2.45) is 0 Å². The Kier molecular flexibility index (Phi) is 4.11. The van der Waals surface area contributed by atoms with Crippen LogP contribution >= 0.6 is 0 Å². The molecular weight excluding hydrogens is 260 g/mol. The second-order valence-electron chi connectivity index (χ2n) is 4.99. The van der Waals surface area contributed by atoms with Crippen LogP contribution in [-0.4, -0.2) is 31.4 Å². The average Bonchev–Trinajstić information content (AvgIpc) is 2.75. The number of hydrogen-bond acceptors (Lipinski definition) is 5. The molecule has 5 nitrogen and oxygen atoms in total. The minimum atomic E-state index is -0.883. The fourth-order valence-corrected chi connectivity index (χ4v) is 2.06. The highest BCUT2D eigenvalue weighted by molar-refractivity contribution is 5.54. The van der Waals surface area contributed by atoms with E-state index >= 15 is 0 Å². The van der Waals surface area contributed by atoms with Crippen LogP contribution in [0.4, 0.5) is 0 Å². The summed E-state index contributed by atoms with van der Waals surface area (Å²) in [6.45, 7) is 7.51. The van der Waals surface area contributed by atoms with Gasteiger partial charge in [-0.2, -0.15) is 0 Å². The molecule has 20 heavy (non-hydrogen) atoms. The third kappa shape index (κ3) is 3.00. The number of carbonyl (C=O) groups is 1. The van der Waals surface area contributed by atoms with E-state index in [0.717, 1.165) is 5.75 Å². The molecule has 1 heterocycles. The van der Waals surface area contributed by atoms with Crippen molar-refractivity contribution in [3.63, 3.8) is 0 Å². The maximum Gasteiger partial charge on any atom is 0.216 e. The van der Waals surface area contributed by atoms with Crippen molar-refractivity contribution < 1.29 is 23.7 Å². The Hall–Kier alpha value is -1.85. The molecule has 5 heteroatoms. The fraction of sp³-hybridized carbons (Fsp3) is 0.400. The van der Waals surface area contributed by atoms with E-state index < -0.39 is 18.0 Å². The van der Waals surface area contributed by atoms with E-state index in [4.69, 9.17) is 18.9 Å². The summed E-state index contributed by atoms with van der Waals surface area (Å²) in [5.74, 6) is 1.75. The van der Waals surface area contributed by atoms with E-state index in [1.54, 1.807) is 31.4 Å². The monoisotopic (exact) mass is 278 g/mol. The van der Waals surface area contributed by atoms with E-state index in [1.807, 2.05) is 13.8 Å². The van der Waals surface area contributed by atoms with E-state index in [0.29, 0.717) is 17.8 Å². The van der Waals surface area contributed by atoms with Gasteiger partial charge in [0.1, 0.15) is 23.4 Å². The first kappa shape index (κ1) is 14.6. The van der Waals surface area contributed by atoms with E-state index in [1.165, 1.54) is 0 Å². The highest BCUT2D eigenvalue weighted by Gasteiger charge is 2.45. The highest BCUT2D eigenvalue weighted by Crippen LogP contribution is 2.33. The first-order valence-corrected chi connectivity index (χ1v) is 6.25. The molecule has 0 spiro atoms. The maximum atomic E-state index is 10.8. The van der Waals surface area contributed by atoms with E-state index in [9.17, 15) is 4.79 Å². The van der Waals surface area contributed by atoms with Crippen LogP contribution in [-0.2, 0) is 14.3 Å². The fourth-order valence-electron chi connectivity index (χ4n) is 2.06. The Balaban J connectivity index is 2.05. The third-order valence-corrected chi connectivity index (χ3v) is 3.03. The lowest BCUT2D eigenvalue weighted by molar-refractivity contribution is -0.137. The molecule has 0 aromatic heterocycles. The number of methoxy groups -OCH3 is 1. The summed E-state index contributed by atoms with van der Waals surface area (Å²) in [4.78, 5) is 10.8. The van der Waals surface area contributed by atoms with Gasteiger partial charge in [0.15, 0.2) is 6.29 Å². The smallest absolute Gasteiger partial charge is 0.216 e. The molecule has 0 aliphatic carbocycles. The van der Waals surface area contributed by atoms with Gasteiger partial charge in [-0.05, 0) is 38.1 Å². The standard InChI is InChI=1S/C15H18O5/c1-10(14-15(2,3)20-13(9-16)19-14)18-12-7-5-11(17-4)6-8-12/h5-9,13-14H,1H2,2-4H3. The molecular formula is C15H18O5. The lowest BCUT2D eigenvalue weighted by Crippen LogP contribution is -2.35. The third-order valence-electron chi connectivity index (χ3n) is 3.03. The SMILES string of the molecule is C=C(Oc1ccc(OC)cc1)C1OC(C=O)OC1(C)C. The molecule has 1 fully saturated rings. The molecule has 0 radical (unpaired) electrons. The van der Waals surface area contributed by atoms with Crippen molar-refractivity contribution in [1.82, 2.24) is 0 Å². The Morgan fingerprint density at radius 2 is 1.90 bits per heavy atom. The zero-order valence-corrected chi connectivity index (χ0v) is 11.8. The van der Waals surface area contributed by atoms with Crippen molar-refractivity contribution in [2.75, 3.05) is 7.11 Å². The van der Waals surface area contributed by atoms with Gasteiger partial charge in [-0.25, -0.2) is 0 Å². The molecule has 0 bridgehead atoms. The summed E-state index contributed by atoms with van der Waals surface area (Å²) in [6, 6.07) is 7.11. The van der Waals surface area contributed by atoms with Crippen molar-refractivity contribution in [3.05, 3.63) is 36.6 Å². The summed E-state index contributed by atoms with van der Waals surface area (Å²) >= 11 is 0. The van der Waals surface area contributed by atoms with Crippen LogP contribution in [0.15, 0.2) is 36.6 Å². The number of aldehydes is 1. The molecule has 1 saturated heterocycles. The largest absolute Gasteiger partial charge is 0.497 e. The van der Waals surface area contributed by atoms with Gasteiger partial charge in [-0.15, -0.1) is 0 Å². The van der Waals surface area contributed by atoms with Gasteiger partial charge in [-0.3, -0.25) is 4.79 Å². The molecule has 108 valence electrons. The molecule has 1 aromatic carbocycles. The Morgan fingerprint density at radius 1 is 1.30 bits per heavy atom. The first-order chi connectivity index (χ1) is 9.46. The highest BCUT2D eigenvalue weighted by atomic mass is 16.7. The van der Waals surface area contributed by atoms with Crippen LogP contribution in [0.5, 0.6) is 11.5 Å². The van der Waals surface area contributed by atoms with Gasteiger partial charge in [0.25, 0.3) is 0 Å².